The molecule has 0 bridgehead atoms. The summed E-state index contributed by atoms with van der Waals surface area (Å²) in [6.45, 7) is 1.98. The molecule has 0 atom stereocenters. The molecule has 0 aliphatic heterocycles. The topological polar surface area (TPSA) is 72.8 Å². The van der Waals surface area contributed by atoms with E-state index in [2.05, 4.69) is 25.3 Å². The minimum absolute atomic E-state index is 0.0151. The van der Waals surface area contributed by atoms with Crippen molar-refractivity contribution in [3.05, 3.63) is 77.0 Å². The Morgan fingerprint density at radius 3 is 2.42 bits per heavy atom. The van der Waals surface area contributed by atoms with Gasteiger partial charge in [0.15, 0.2) is 0 Å². The van der Waals surface area contributed by atoms with Crippen LogP contribution in [0.25, 0.3) is 10.9 Å². The Bertz CT molecular complexity index is 1430. The number of aromatic nitrogens is 4. The van der Waals surface area contributed by atoms with Crippen molar-refractivity contribution in [3.63, 3.8) is 0 Å². The fourth-order valence-electron chi connectivity index (χ4n) is 3.42. The van der Waals surface area contributed by atoms with Gasteiger partial charge in [-0.25, -0.2) is 18.7 Å². The van der Waals surface area contributed by atoms with Gasteiger partial charge in [-0.2, -0.15) is 31.9 Å². The number of aryl methyl sites for hydroxylation is 1. The van der Waals surface area contributed by atoms with Gasteiger partial charge in [-0.15, -0.1) is 0 Å². The second kappa shape index (κ2) is 9.91. The van der Waals surface area contributed by atoms with Crippen molar-refractivity contribution in [3.8, 4) is 11.6 Å². The van der Waals surface area contributed by atoms with E-state index in [0.29, 0.717) is 18.4 Å². The van der Waals surface area contributed by atoms with Gasteiger partial charge in [0.25, 0.3) is 11.8 Å². The molecule has 1 N–H and O–H groups in total. The van der Waals surface area contributed by atoms with Crippen molar-refractivity contribution in [1.82, 2.24) is 19.9 Å². The lowest BCUT2D eigenvalue weighted by atomic mass is 10.1. The van der Waals surface area contributed by atoms with Crippen LogP contribution in [0.15, 0.2) is 36.7 Å². The van der Waals surface area contributed by atoms with Crippen molar-refractivity contribution in [2.75, 3.05) is 11.9 Å². The highest BCUT2D eigenvalue weighted by atomic mass is 19.4. The molecule has 0 unspecified atom stereocenters. The molecule has 0 amide bonds. The Balaban J connectivity index is 1.52. The molecule has 4 aromatic rings. The van der Waals surface area contributed by atoms with Crippen LogP contribution in [-0.4, -0.2) is 26.5 Å². The largest absolute Gasteiger partial charge is 0.451 e. The molecule has 2 heterocycles. The normalized spacial score (nSPS) is 11.7. The second-order valence-electron chi connectivity index (χ2n) is 7.50. The van der Waals surface area contributed by atoms with Crippen molar-refractivity contribution in [2.24, 2.45) is 0 Å². The number of hydrogen-bond donors (Lipinski definition) is 1. The summed E-state index contributed by atoms with van der Waals surface area (Å²) in [4.78, 5) is 13.2. The van der Waals surface area contributed by atoms with Gasteiger partial charge in [-0.3, -0.25) is 0 Å². The molecule has 0 aliphatic rings. The van der Waals surface area contributed by atoms with Crippen molar-refractivity contribution >= 4 is 16.7 Å². The number of fused-ring (bicyclic) bond motifs is 1. The molecule has 0 spiro atoms. The molecule has 4 rings (SSSR count). The predicted molar refractivity (Wildman–Crippen MR) is 114 cm³/mol. The van der Waals surface area contributed by atoms with Crippen LogP contribution in [0.4, 0.5) is 36.6 Å². The number of rotatable bonds is 7. The van der Waals surface area contributed by atoms with Gasteiger partial charge in [-0.1, -0.05) is 19.1 Å². The van der Waals surface area contributed by atoms with Gasteiger partial charge >= 0.3 is 6.18 Å². The van der Waals surface area contributed by atoms with E-state index in [0.717, 1.165) is 24.0 Å². The van der Waals surface area contributed by atoms with Gasteiger partial charge in [-0.05, 0) is 42.2 Å². The number of hydrogen-bond acceptors (Lipinski definition) is 6. The molecular weight excluding hydrogens is 495 g/mol. The summed E-state index contributed by atoms with van der Waals surface area (Å²) >= 11 is 0. The zero-order chi connectivity index (χ0) is 26.0. The summed E-state index contributed by atoms with van der Waals surface area (Å²) in [6.07, 6.45) is -3.27. The van der Waals surface area contributed by atoms with Crippen LogP contribution in [0.5, 0.6) is 11.6 Å². The summed E-state index contributed by atoms with van der Waals surface area (Å²) in [7, 11) is 0. The van der Waals surface area contributed by atoms with E-state index in [1.165, 1.54) is 6.07 Å². The molecule has 36 heavy (non-hydrogen) atoms. The summed E-state index contributed by atoms with van der Waals surface area (Å²) in [5.41, 5.74) is 1.06. The van der Waals surface area contributed by atoms with E-state index < -0.39 is 41.3 Å². The highest BCUT2D eigenvalue weighted by Crippen LogP contribution is 2.32. The molecule has 0 fully saturated rings. The molecule has 2 aromatic heterocycles. The maximum atomic E-state index is 14.2. The minimum atomic E-state index is -5.10. The maximum absolute atomic E-state index is 14.2. The first-order valence-corrected chi connectivity index (χ1v) is 10.5. The van der Waals surface area contributed by atoms with Crippen LogP contribution >= 0.6 is 0 Å². The van der Waals surface area contributed by atoms with Crippen LogP contribution in [0, 0.1) is 23.4 Å². The third-order valence-corrected chi connectivity index (χ3v) is 5.14. The number of benzene rings is 2. The smallest absolute Gasteiger partial charge is 0.436 e. The lowest BCUT2D eigenvalue weighted by molar-refractivity contribution is -0.145. The van der Waals surface area contributed by atoms with Crippen LogP contribution in [0.2, 0.25) is 0 Å². The fraction of sp³-hybridized carbons (Fsp3) is 0.217. The van der Waals surface area contributed by atoms with Crippen LogP contribution in [0.3, 0.4) is 0 Å². The van der Waals surface area contributed by atoms with Crippen molar-refractivity contribution in [2.45, 2.75) is 25.9 Å². The summed E-state index contributed by atoms with van der Waals surface area (Å²) < 4.78 is 99.5. The van der Waals surface area contributed by atoms with Gasteiger partial charge in [0.2, 0.25) is 11.6 Å². The molecule has 2 aromatic carbocycles. The van der Waals surface area contributed by atoms with Gasteiger partial charge < -0.3 is 10.1 Å². The highest BCUT2D eigenvalue weighted by Gasteiger charge is 2.37. The number of ether oxygens (including phenoxy) is 1. The Morgan fingerprint density at radius 1 is 0.944 bits per heavy atom. The standard InChI is InChI=1S/C23H16F7N5O/c1-2-12-9-11(7-8-31-20-16-13(24)4-5-14(25)18(16)32-10-33-20)3-6-15(12)36-21-17(26)19(27)34-22(35-21)23(28,29)30/h3-6,9-10H,2,7-8H2,1H3,(H,31,32,33). The number of alkyl halides is 3. The molecular formula is C23H16F7N5O. The Kier molecular flexibility index (Phi) is 6.91. The summed E-state index contributed by atoms with van der Waals surface area (Å²) in [6, 6.07) is 6.55. The van der Waals surface area contributed by atoms with E-state index in [-0.39, 0.29) is 29.0 Å². The van der Waals surface area contributed by atoms with E-state index in [1.54, 1.807) is 19.1 Å². The number of anilines is 1. The van der Waals surface area contributed by atoms with Gasteiger partial charge in [0, 0.05) is 6.54 Å². The Morgan fingerprint density at radius 2 is 1.69 bits per heavy atom. The monoisotopic (exact) mass is 511 g/mol. The van der Waals surface area contributed by atoms with E-state index >= 15 is 0 Å². The quantitative estimate of drug-likeness (QED) is 0.242. The molecule has 0 aliphatic carbocycles. The Labute approximate surface area is 199 Å². The molecule has 0 saturated carbocycles. The molecule has 188 valence electrons. The van der Waals surface area contributed by atoms with E-state index in [9.17, 15) is 30.7 Å². The SMILES string of the molecule is CCc1cc(CCNc2ncnc3c(F)ccc(F)c23)ccc1Oc1nc(C(F)(F)F)nc(F)c1F. The first-order valence-electron chi connectivity index (χ1n) is 10.5. The van der Waals surface area contributed by atoms with E-state index in [4.69, 9.17) is 4.74 Å². The second-order valence-corrected chi connectivity index (χ2v) is 7.50. The first kappa shape index (κ1) is 25.1. The number of nitrogens with one attached hydrogen (secondary N) is 1. The first-order chi connectivity index (χ1) is 17.1. The highest BCUT2D eigenvalue weighted by molar-refractivity contribution is 5.89. The molecule has 0 radical (unpaired) electrons. The van der Waals surface area contributed by atoms with Crippen molar-refractivity contribution in [1.29, 1.82) is 0 Å². The van der Waals surface area contributed by atoms with Crippen molar-refractivity contribution < 1.29 is 35.5 Å². The van der Waals surface area contributed by atoms with Crippen LogP contribution in [-0.2, 0) is 19.0 Å². The molecule has 0 saturated heterocycles. The zero-order valence-corrected chi connectivity index (χ0v) is 18.4. The van der Waals surface area contributed by atoms with Gasteiger partial charge in [0.1, 0.15) is 35.0 Å². The van der Waals surface area contributed by atoms with Crippen LogP contribution in [0.1, 0.15) is 23.9 Å². The average molecular weight is 511 g/mol. The lowest BCUT2D eigenvalue weighted by Crippen LogP contribution is -2.14. The average Bonchev–Trinajstić information content (AvgIpc) is 2.84. The third-order valence-electron chi connectivity index (χ3n) is 5.14. The molecule has 13 heteroatoms. The summed E-state index contributed by atoms with van der Waals surface area (Å²) in [5, 5.41) is 2.84. The number of halogens is 7. The van der Waals surface area contributed by atoms with Crippen LogP contribution < -0.4 is 10.1 Å². The number of nitrogens with zero attached hydrogens (tertiary/aromatic N) is 4. The predicted octanol–water partition coefficient (Wildman–Crippen LogP) is 6.00. The Hall–Kier alpha value is -4.03. The molecule has 6 nitrogen and oxygen atoms in total. The summed E-state index contributed by atoms with van der Waals surface area (Å²) in [5.74, 6) is -8.09. The van der Waals surface area contributed by atoms with E-state index in [1.807, 2.05) is 0 Å². The lowest BCUT2D eigenvalue weighted by Gasteiger charge is -2.14. The maximum Gasteiger partial charge on any atom is 0.451 e. The fourth-order valence-corrected chi connectivity index (χ4v) is 3.42. The van der Waals surface area contributed by atoms with Gasteiger partial charge in [0.05, 0.1) is 5.39 Å². The third kappa shape index (κ3) is 5.14. The zero-order valence-electron chi connectivity index (χ0n) is 18.4. The minimum Gasteiger partial charge on any atom is -0.436 e.